The van der Waals surface area contributed by atoms with Gasteiger partial charge in [-0.15, -0.1) is 0 Å². The minimum atomic E-state index is -0.181. The van der Waals surface area contributed by atoms with E-state index in [4.69, 9.17) is 4.74 Å². The molecule has 1 atom stereocenters. The molecule has 0 aromatic heterocycles. The van der Waals surface area contributed by atoms with Gasteiger partial charge in [0.25, 0.3) is 0 Å². The molecule has 0 aliphatic rings. The molecule has 0 saturated carbocycles. The zero-order valence-corrected chi connectivity index (χ0v) is 7.89. The summed E-state index contributed by atoms with van der Waals surface area (Å²) in [5.41, 5.74) is 0. The van der Waals surface area contributed by atoms with Crippen LogP contribution in [0.3, 0.4) is 0 Å². The first-order valence-corrected chi connectivity index (χ1v) is 4.20. The van der Waals surface area contributed by atoms with Crippen molar-refractivity contribution in [2.75, 3.05) is 7.11 Å². The lowest BCUT2D eigenvalue weighted by Gasteiger charge is -2.14. The second-order valence-electron chi connectivity index (χ2n) is 3.07. The molecule has 1 unspecified atom stereocenters. The van der Waals surface area contributed by atoms with Gasteiger partial charge in [0.1, 0.15) is 6.10 Å². The lowest BCUT2D eigenvalue weighted by Crippen LogP contribution is -2.26. The lowest BCUT2D eigenvalue weighted by atomic mass is 10.0. The maximum atomic E-state index is 11.3. The lowest BCUT2D eigenvalue weighted by molar-refractivity contribution is -0.132. The van der Waals surface area contributed by atoms with Gasteiger partial charge in [0.15, 0.2) is 5.78 Å². The summed E-state index contributed by atoms with van der Waals surface area (Å²) in [5, 5.41) is 0. The molecule has 66 valence electrons. The molecule has 0 aromatic carbocycles. The van der Waals surface area contributed by atoms with E-state index in [0.29, 0.717) is 0 Å². The molecule has 0 aliphatic heterocycles. The third-order valence-electron chi connectivity index (χ3n) is 1.72. The van der Waals surface area contributed by atoms with E-state index >= 15 is 0 Å². The van der Waals surface area contributed by atoms with Gasteiger partial charge >= 0.3 is 0 Å². The van der Waals surface area contributed by atoms with Gasteiger partial charge in [0.2, 0.25) is 0 Å². The van der Waals surface area contributed by atoms with Crippen molar-refractivity contribution < 1.29 is 9.53 Å². The van der Waals surface area contributed by atoms with Gasteiger partial charge in [-0.1, -0.05) is 27.2 Å². The first-order valence-electron chi connectivity index (χ1n) is 4.20. The van der Waals surface area contributed by atoms with Gasteiger partial charge in [-0.25, -0.2) is 0 Å². The maximum Gasteiger partial charge on any atom is 0.164 e. The van der Waals surface area contributed by atoms with Crippen molar-refractivity contribution in [2.45, 2.75) is 39.7 Å². The van der Waals surface area contributed by atoms with Crippen LogP contribution in [0.4, 0.5) is 0 Å². The number of hydrogen-bond donors (Lipinski definition) is 0. The number of methoxy groups -OCH3 is 1. The van der Waals surface area contributed by atoms with Crippen LogP contribution >= 0.6 is 0 Å². The number of ether oxygens (including phenoxy) is 1. The summed E-state index contributed by atoms with van der Waals surface area (Å²) in [5.74, 6) is 0.306. The molecular weight excluding hydrogens is 140 g/mol. The first kappa shape index (κ1) is 10.6. The Hall–Kier alpha value is -0.370. The van der Waals surface area contributed by atoms with E-state index in [-0.39, 0.29) is 17.8 Å². The Kier molecular flexibility index (Phi) is 5.12. The van der Waals surface area contributed by atoms with Gasteiger partial charge in [0, 0.05) is 13.0 Å². The van der Waals surface area contributed by atoms with Crippen LogP contribution in [-0.4, -0.2) is 19.0 Å². The molecule has 0 N–H and O–H groups in total. The van der Waals surface area contributed by atoms with E-state index < -0.39 is 0 Å². The summed E-state index contributed by atoms with van der Waals surface area (Å²) in [6.45, 7) is 5.87. The summed E-state index contributed by atoms with van der Waals surface area (Å²) < 4.78 is 5.06. The molecule has 0 saturated heterocycles. The van der Waals surface area contributed by atoms with Gasteiger partial charge in [0.05, 0.1) is 0 Å². The number of carbonyl (C=O) groups excluding carboxylic acids is 1. The van der Waals surface area contributed by atoms with Crippen LogP contribution in [0.2, 0.25) is 0 Å². The minimum Gasteiger partial charge on any atom is -0.374 e. The van der Waals surface area contributed by atoms with Crippen LogP contribution in [0.25, 0.3) is 0 Å². The van der Waals surface area contributed by atoms with Crippen molar-refractivity contribution >= 4 is 5.78 Å². The average Bonchev–Trinajstić information content (AvgIpc) is 1.98. The smallest absolute Gasteiger partial charge is 0.164 e. The molecule has 0 aliphatic carbocycles. The van der Waals surface area contributed by atoms with Gasteiger partial charge in [-0.3, -0.25) is 4.79 Å². The van der Waals surface area contributed by atoms with E-state index in [2.05, 4.69) is 6.92 Å². The Balaban J connectivity index is 3.92. The van der Waals surface area contributed by atoms with E-state index in [1.54, 1.807) is 7.11 Å². The van der Waals surface area contributed by atoms with Crippen LogP contribution in [-0.2, 0) is 9.53 Å². The van der Waals surface area contributed by atoms with E-state index in [0.717, 1.165) is 12.8 Å². The topological polar surface area (TPSA) is 26.3 Å². The van der Waals surface area contributed by atoms with Crippen molar-refractivity contribution in [3.8, 4) is 0 Å². The highest BCUT2D eigenvalue weighted by Gasteiger charge is 2.18. The fourth-order valence-electron chi connectivity index (χ4n) is 1.01. The Morgan fingerprint density at radius 1 is 1.45 bits per heavy atom. The Morgan fingerprint density at radius 2 is 2.00 bits per heavy atom. The zero-order chi connectivity index (χ0) is 8.85. The molecule has 0 spiro atoms. The summed E-state index contributed by atoms with van der Waals surface area (Å²) in [4.78, 5) is 11.3. The highest BCUT2D eigenvalue weighted by Crippen LogP contribution is 2.08. The predicted octanol–water partition coefficient (Wildman–Crippen LogP) is 2.03. The zero-order valence-electron chi connectivity index (χ0n) is 7.89. The normalized spacial score (nSPS) is 13.5. The third-order valence-corrected chi connectivity index (χ3v) is 1.72. The first-order chi connectivity index (χ1) is 5.13. The van der Waals surface area contributed by atoms with E-state index in [1.165, 1.54) is 0 Å². The monoisotopic (exact) mass is 158 g/mol. The molecule has 0 rings (SSSR count). The number of carbonyl (C=O) groups is 1. The summed E-state index contributed by atoms with van der Waals surface area (Å²) >= 11 is 0. The van der Waals surface area contributed by atoms with Gasteiger partial charge in [-0.05, 0) is 6.42 Å². The van der Waals surface area contributed by atoms with E-state index in [1.807, 2.05) is 13.8 Å². The molecule has 0 radical (unpaired) electrons. The highest BCUT2D eigenvalue weighted by molar-refractivity contribution is 5.84. The van der Waals surface area contributed by atoms with Crippen molar-refractivity contribution in [3.05, 3.63) is 0 Å². The van der Waals surface area contributed by atoms with Crippen LogP contribution in [0.1, 0.15) is 33.6 Å². The molecule has 0 heterocycles. The summed E-state index contributed by atoms with van der Waals surface area (Å²) in [6.07, 6.45) is 1.66. The quantitative estimate of drug-likeness (QED) is 0.612. The second kappa shape index (κ2) is 5.30. The van der Waals surface area contributed by atoms with Crippen molar-refractivity contribution in [2.24, 2.45) is 5.92 Å². The van der Waals surface area contributed by atoms with Gasteiger partial charge in [-0.2, -0.15) is 0 Å². The number of hydrogen-bond acceptors (Lipinski definition) is 2. The SMILES string of the molecule is CCCC(OC)C(=O)C(C)C. The van der Waals surface area contributed by atoms with Crippen molar-refractivity contribution in [1.29, 1.82) is 0 Å². The fourth-order valence-corrected chi connectivity index (χ4v) is 1.01. The average molecular weight is 158 g/mol. The maximum absolute atomic E-state index is 11.3. The largest absolute Gasteiger partial charge is 0.374 e. The molecule has 11 heavy (non-hydrogen) atoms. The molecule has 0 fully saturated rings. The molecule has 2 nitrogen and oxygen atoms in total. The fraction of sp³-hybridized carbons (Fsp3) is 0.889. The predicted molar refractivity (Wildman–Crippen MR) is 45.6 cm³/mol. The van der Waals surface area contributed by atoms with Crippen molar-refractivity contribution in [1.82, 2.24) is 0 Å². The third kappa shape index (κ3) is 3.51. The van der Waals surface area contributed by atoms with Crippen LogP contribution in [0, 0.1) is 5.92 Å². The standard InChI is InChI=1S/C9H18O2/c1-5-6-8(11-4)9(10)7(2)3/h7-8H,5-6H2,1-4H3. The molecule has 0 amide bonds. The van der Waals surface area contributed by atoms with Crippen LogP contribution in [0.5, 0.6) is 0 Å². The molecule has 0 aromatic rings. The molecule has 2 heteroatoms. The minimum absolute atomic E-state index is 0.0894. The molecular formula is C9H18O2. The van der Waals surface area contributed by atoms with Crippen LogP contribution in [0.15, 0.2) is 0 Å². The Bertz CT molecular complexity index is 119. The number of Topliss-reactive ketones (excluding diaryl/α,β-unsaturated/α-hetero) is 1. The Labute approximate surface area is 68.9 Å². The number of ketones is 1. The molecule has 0 bridgehead atoms. The van der Waals surface area contributed by atoms with Gasteiger partial charge < -0.3 is 4.74 Å². The summed E-state index contributed by atoms with van der Waals surface area (Å²) in [6, 6.07) is 0. The van der Waals surface area contributed by atoms with Crippen LogP contribution < -0.4 is 0 Å². The van der Waals surface area contributed by atoms with E-state index in [9.17, 15) is 4.79 Å². The Morgan fingerprint density at radius 3 is 2.27 bits per heavy atom. The second-order valence-corrected chi connectivity index (χ2v) is 3.07. The highest BCUT2D eigenvalue weighted by atomic mass is 16.5. The summed E-state index contributed by atoms with van der Waals surface area (Å²) in [7, 11) is 1.60. The van der Waals surface area contributed by atoms with Crippen molar-refractivity contribution in [3.63, 3.8) is 0 Å². The number of rotatable bonds is 5.